The highest BCUT2D eigenvalue weighted by atomic mass is 16.1. The van der Waals surface area contributed by atoms with E-state index in [1.165, 1.54) is 6.33 Å². The number of amides is 1. The molecule has 0 saturated heterocycles. The van der Waals surface area contributed by atoms with E-state index in [2.05, 4.69) is 39.4 Å². The first-order valence-electron chi connectivity index (χ1n) is 8.14. The number of hydrogen-bond donors (Lipinski definition) is 1. The summed E-state index contributed by atoms with van der Waals surface area (Å²) in [6.45, 7) is 4.23. The second-order valence-corrected chi connectivity index (χ2v) is 6.32. The number of nitrogens with zero attached hydrogens (tertiary/aromatic N) is 6. The topological polar surface area (TPSA) is 90.5 Å². The summed E-state index contributed by atoms with van der Waals surface area (Å²) in [7, 11) is 1.83. The third-order valence-electron chi connectivity index (χ3n) is 3.90. The third kappa shape index (κ3) is 3.90. The maximum Gasteiger partial charge on any atom is 0.251 e. The lowest BCUT2D eigenvalue weighted by Gasteiger charge is -2.20. The lowest BCUT2D eigenvalue weighted by molar-refractivity contribution is 0.0929. The van der Waals surface area contributed by atoms with Crippen LogP contribution in [0.2, 0.25) is 0 Å². The minimum atomic E-state index is -0.196. The van der Waals surface area contributed by atoms with Crippen LogP contribution in [0.4, 0.5) is 0 Å². The van der Waals surface area contributed by atoms with E-state index < -0.39 is 0 Å². The summed E-state index contributed by atoms with van der Waals surface area (Å²) in [6.07, 6.45) is 5.47. The molecular weight excluding hydrogens is 318 g/mol. The van der Waals surface area contributed by atoms with Crippen molar-refractivity contribution in [3.8, 4) is 5.69 Å². The number of aromatic nitrogens is 6. The van der Waals surface area contributed by atoms with Crippen molar-refractivity contribution in [1.29, 1.82) is 0 Å². The van der Waals surface area contributed by atoms with Gasteiger partial charge in [0.05, 0.1) is 6.04 Å². The Kier molecular flexibility index (Phi) is 4.87. The quantitative estimate of drug-likeness (QED) is 0.741. The Bertz CT molecular complexity index is 838. The molecule has 0 unspecified atom stereocenters. The van der Waals surface area contributed by atoms with Gasteiger partial charge in [-0.25, -0.2) is 4.98 Å². The van der Waals surface area contributed by atoms with Crippen LogP contribution in [0, 0.1) is 5.92 Å². The van der Waals surface area contributed by atoms with E-state index in [0.29, 0.717) is 11.5 Å². The summed E-state index contributed by atoms with van der Waals surface area (Å²) >= 11 is 0. The normalized spacial score (nSPS) is 12.3. The summed E-state index contributed by atoms with van der Waals surface area (Å²) in [6, 6.07) is 7.13. The van der Waals surface area contributed by atoms with Crippen molar-refractivity contribution in [2.75, 3.05) is 0 Å². The Morgan fingerprint density at radius 2 is 2.00 bits per heavy atom. The molecule has 0 aliphatic carbocycles. The Balaban J connectivity index is 1.82. The van der Waals surface area contributed by atoms with Crippen molar-refractivity contribution in [3.63, 3.8) is 0 Å². The molecule has 0 fully saturated rings. The fourth-order valence-corrected chi connectivity index (χ4v) is 2.70. The first-order valence-corrected chi connectivity index (χ1v) is 8.14. The van der Waals surface area contributed by atoms with Gasteiger partial charge in [-0.2, -0.15) is 5.10 Å². The number of aryl methyl sites for hydroxylation is 1. The summed E-state index contributed by atoms with van der Waals surface area (Å²) in [5, 5.41) is 14.8. The fourth-order valence-electron chi connectivity index (χ4n) is 2.70. The monoisotopic (exact) mass is 339 g/mol. The lowest BCUT2D eigenvalue weighted by Crippen LogP contribution is -2.31. The molecule has 0 spiro atoms. The molecule has 0 bridgehead atoms. The predicted molar refractivity (Wildman–Crippen MR) is 92.0 cm³/mol. The Morgan fingerprint density at radius 3 is 2.64 bits per heavy atom. The molecule has 2 heterocycles. The SMILES string of the molecule is CC(C)C[C@@H](NC(=O)c1cccc(-n2cnnc2)c1)c1ncnn1C. The molecule has 0 aliphatic rings. The van der Waals surface area contributed by atoms with Gasteiger partial charge in [-0.1, -0.05) is 19.9 Å². The van der Waals surface area contributed by atoms with Gasteiger partial charge in [0.15, 0.2) is 0 Å². The number of rotatable bonds is 6. The van der Waals surface area contributed by atoms with Gasteiger partial charge >= 0.3 is 0 Å². The minimum Gasteiger partial charge on any atom is -0.342 e. The van der Waals surface area contributed by atoms with Crippen molar-refractivity contribution < 1.29 is 4.79 Å². The van der Waals surface area contributed by atoms with E-state index in [4.69, 9.17) is 0 Å². The van der Waals surface area contributed by atoms with E-state index in [0.717, 1.165) is 17.9 Å². The van der Waals surface area contributed by atoms with Crippen molar-refractivity contribution in [2.24, 2.45) is 13.0 Å². The molecular formula is C17H21N7O. The zero-order valence-electron chi connectivity index (χ0n) is 14.5. The van der Waals surface area contributed by atoms with Crippen LogP contribution in [0.25, 0.3) is 5.69 Å². The molecule has 1 amide bonds. The van der Waals surface area contributed by atoms with Gasteiger partial charge in [-0.15, -0.1) is 10.2 Å². The first kappa shape index (κ1) is 16.8. The molecule has 3 rings (SSSR count). The van der Waals surface area contributed by atoms with Crippen LogP contribution in [0.15, 0.2) is 43.2 Å². The minimum absolute atomic E-state index is 0.149. The zero-order valence-corrected chi connectivity index (χ0v) is 14.5. The van der Waals surface area contributed by atoms with Crippen LogP contribution in [0.3, 0.4) is 0 Å². The maximum absolute atomic E-state index is 12.8. The summed E-state index contributed by atoms with van der Waals surface area (Å²) < 4.78 is 3.45. The molecule has 130 valence electrons. The second kappa shape index (κ2) is 7.25. The molecule has 1 N–H and O–H groups in total. The molecule has 3 aromatic rings. The average Bonchev–Trinajstić information content (AvgIpc) is 3.25. The van der Waals surface area contributed by atoms with Crippen LogP contribution < -0.4 is 5.32 Å². The van der Waals surface area contributed by atoms with Gasteiger partial charge in [0.2, 0.25) is 0 Å². The lowest BCUT2D eigenvalue weighted by atomic mass is 10.0. The number of hydrogen-bond acceptors (Lipinski definition) is 5. The van der Waals surface area contributed by atoms with Gasteiger partial charge in [-0.3, -0.25) is 14.0 Å². The van der Waals surface area contributed by atoms with Gasteiger partial charge in [0.1, 0.15) is 24.8 Å². The number of nitrogens with one attached hydrogen (secondary N) is 1. The fraction of sp³-hybridized carbons (Fsp3) is 0.353. The third-order valence-corrected chi connectivity index (χ3v) is 3.90. The van der Waals surface area contributed by atoms with E-state index in [1.807, 2.05) is 25.2 Å². The van der Waals surface area contributed by atoms with Crippen LogP contribution >= 0.6 is 0 Å². The predicted octanol–water partition coefficient (Wildman–Crippen LogP) is 1.91. The average molecular weight is 339 g/mol. The molecule has 8 nitrogen and oxygen atoms in total. The number of carbonyl (C=O) groups excluding carboxylic acids is 1. The molecule has 1 aromatic carbocycles. The summed E-state index contributed by atoms with van der Waals surface area (Å²) in [5.74, 6) is 1.01. The summed E-state index contributed by atoms with van der Waals surface area (Å²) in [4.78, 5) is 17.0. The van der Waals surface area contributed by atoms with E-state index in [1.54, 1.807) is 28.0 Å². The highest BCUT2D eigenvalue weighted by Gasteiger charge is 2.21. The van der Waals surface area contributed by atoms with Gasteiger partial charge < -0.3 is 5.32 Å². The van der Waals surface area contributed by atoms with Crippen LogP contribution in [-0.2, 0) is 7.05 Å². The van der Waals surface area contributed by atoms with Crippen molar-refractivity contribution >= 4 is 5.91 Å². The molecule has 2 aromatic heterocycles. The van der Waals surface area contributed by atoms with Gasteiger partial charge in [0.25, 0.3) is 5.91 Å². The Hall–Kier alpha value is -3.03. The van der Waals surface area contributed by atoms with E-state index in [9.17, 15) is 4.79 Å². The molecule has 0 radical (unpaired) electrons. The van der Waals surface area contributed by atoms with E-state index >= 15 is 0 Å². The highest BCUT2D eigenvalue weighted by Crippen LogP contribution is 2.20. The zero-order chi connectivity index (χ0) is 17.8. The van der Waals surface area contributed by atoms with Crippen LogP contribution in [0.1, 0.15) is 42.5 Å². The molecule has 8 heteroatoms. The van der Waals surface area contributed by atoms with E-state index in [-0.39, 0.29) is 11.9 Å². The largest absolute Gasteiger partial charge is 0.342 e. The highest BCUT2D eigenvalue weighted by molar-refractivity contribution is 5.94. The standard InChI is InChI=1S/C17H21N7O/c1-12(2)7-15(16-18-9-21-23(16)3)22-17(25)13-5-4-6-14(8-13)24-10-19-20-11-24/h4-6,8-12,15H,7H2,1-3H3,(H,22,25)/t15-/m1/s1. The van der Waals surface area contributed by atoms with Crippen LogP contribution in [-0.4, -0.2) is 35.4 Å². The van der Waals surface area contributed by atoms with Gasteiger partial charge in [-0.05, 0) is 30.5 Å². The molecule has 1 atom stereocenters. The maximum atomic E-state index is 12.8. The molecule has 0 saturated carbocycles. The van der Waals surface area contributed by atoms with Gasteiger partial charge in [0, 0.05) is 18.3 Å². The summed E-state index contributed by atoms with van der Waals surface area (Å²) in [5.41, 5.74) is 1.40. The number of carbonyl (C=O) groups is 1. The van der Waals surface area contributed by atoms with Crippen molar-refractivity contribution in [1.82, 2.24) is 34.8 Å². The Labute approximate surface area is 145 Å². The first-order chi connectivity index (χ1) is 12.0. The van der Waals surface area contributed by atoms with Crippen molar-refractivity contribution in [3.05, 3.63) is 54.6 Å². The second-order valence-electron chi connectivity index (χ2n) is 6.32. The van der Waals surface area contributed by atoms with Crippen molar-refractivity contribution in [2.45, 2.75) is 26.3 Å². The smallest absolute Gasteiger partial charge is 0.251 e. The Morgan fingerprint density at radius 1 is 1.24 bits per heavy atom. The molecule has 25 heavy (non-hydrogen) atoms. The molecule has 0 aliphatic heterocycles. The number of benzene rings is 1. The van der Waals surface area contributed by atoms with Crippen LogP contribution in [0.5, 0.6) is 0 Å².